The molecule has 33 heavy (non-hydrogen) atoms. The van der Waals surface area contributed by atoms with Crippen molar-refractivity contribution >= 4 is 31.4 Å². The molecule has 1 fully saturated rings. The molecular formula is C23H33N3O5S2. The lowest BCUT2D eigenvalue weighted by molar-refractivity contribution is -0.00376. The summed E-state index contributed by atoms with van der Waals surface area (Å²) in [6.07, 6.45) is 2.02. The third-order valence-electron chi connectivity index (χ3n) is 6.64. The van der Waals surface area contributed by atoms with Crippen LogP contribution in [0, 0.1) is 5.41 Å². The first-order chi connectivity index (χ1) is 15.4. The van der Waals surface area contributed by atoms with Crippen molar-refractivity contribution in [2.45, 2.75) is 42.6 Å². The average Bonchev–Trinajstić information content (AvgIpc) is 2.79. The van der Waals surface area contributed by atoms with Crippen LogP contribution in [0.1, 0.15) is 26.7 Å². The van der Waals surface area contributed by atoms with Gasteiger partial charge >= 0.3 is 0 Å². The van der Waals surface area contributed by atoms with Gasteiger partial charge in [-0.2, -0.15) is 0 Å². The highest BCUT2D eigenvalue weighted by Crippen LogP contribution is 2.39. The van der Waals surface area contributed by atoms with Crippen molar-refractivity contribution in [2.75, 3.05) is 43.9 Å². The highest BCUT2D eigenvalue weighted by molar-refractivity contribution is 7.92. The molecule has 0 saturated carbocycles. The summed E-state index contributed by atoms with van der Waals surface area (Å²) in [7, 11) is -2.95. The van der Waals surface area contributed by atoms with E-state index in [0.717, 1.165) is 35.9 Å². The number of hydrogen-bond donors (Lipinski definition) is 1. The van der Waals surface area contributed by atoms with Crippen LogP contribution in [0.2, 0.25) is 0 Å². The Bertz CT molecular complexity index is 1170. The summed E-state index contributed by atoms with van der Waals surface area (Å²) in [5.74, 6) is 0. The first-order valence-corrected chi connectivity index (χ1v) is 13.8. The zero-order chi connectivity index (χ0) is 24.4. The lowest BCUT2D eigenvalue weighted by Crippen LogP contribution is -2.44. The van der Waals surface area contributed by atoms with Crippen LogP contribution in [-0.2, 0) is 24.8 Å². The zero-order valence-corrected chi connectivity index (χ0v) is 21.4. The minimum atomic E-state index is -3.90. The van der Waals surface area contributed by atoms with E-state index in [9.17, 15) is 16.8 Å². The Labute approximate surface area is 197 Å². The number of anilines is 2. The van der Waals surface area contributed by atoms with Gasteiger partial charge in [0.2, 0.25) is 10.0 Å². The summed E-state index contributed by atoms with van der Waals surface area (Å²) in [6, 6.07) is 12.5. The lowest BCUT2D eigenvalue weighted by atomic mass is 9.76. The molecule has 182 valence electrons. The van der Waals surface area contributed by atoms with Crippen molar-refractivity contribution in [2.24, 2.45) is 5.41 Å². The van der Waals surface area contributed by atoms with Crippen LogP contribution >= 0.6 is 0 Å². The Morgan fingerprint density at radius 1 is 0.970 bits per heavy atom. The smallest absolute Gasteiger partial charge is 0.261 e. The number of para-hydroxylation sites is 2. The number of piperidine rings is 1. The summed E-state index contributed by atoms with van der Waals surface area (Å²) in [4.78, 5) is 2.22. The van der Waals surface area contributed by atoms with E-state index in [1.165, 1.54) is 38.4 Å². The highest BCUT2D eigenvalue weighted by Gasteiger charge is 2.36. The predicted molar refractivity (Wildman–Crippen MR) is 131 cm³/mol. The van der Waals surface area contributed by atoms with Crippen molar-refractivity contribution < 1.29 is 21.6 Å². The molecule has 0 bridgehead atoms. The minimum Gasteiger partial charge on any atom is -0.381 e. The summed E-state index contributed by atoms with van der Waals surface area (Å²) < 4.78 is 60.0. The predicted octanol–water partition coefficient (Wildman–Crippen LogP) is 3.38. The topological polar surface area (TPSA) is 96.0 Å². The van der Waals surface area contributed by atoms with Crippen molar-refractivity contribution in [3.63, 3.8) is 0 Å². The van der Waals surface area contributed by atoms with Crippen molar-refractivity contribution in [3.05, 3.63) is 48.5 Å². The van der Waals surface area contributed by atoms with Gasteiger partial charge in [-0.05, 0) is 61.6 Å². The van der Waals surface area contributed by atoms with E-state index in [0.29, 0.717) is 5.69 Å². The first kappa shape index (κ1) is 25.5. The molecule has 0 radical (unpaired) electrons. The molecule has 1 saturated heterocycles. The number of nitrogens with zero attached hydrogens (tertiary/aromatic N) is 2. The van der Waals surface area contributed by atoms with E-state index in [2.05, 4.69) is 23.5 Å². The monoisotopic (exact) mass is 495 g/mol. The Kier molecular flexibility index (Phi) is 7.42. The number of sulfonamides is 2. The molecule has 1 heterocycles. The number of benzene rings is 2. The van der Waals surface area contributed by atoms with Gasteiger partial charge in [0.25, 0.3) is 10.0 Å². The van der Waals surface area contributed by atoms with Gasteiger partial charge in [-0.3, -0.25) is 4.72 Å². The molecule has 8 nitrogen and oxygen atoms in total. The third-order valence-corrected chi connectivity index (χ3v) is 9.85. The van der Waals surface area contributed by atoms with Gasteiger partial charge in [0.1, 0.15) is 0 Å². The molecule has 1 aliphatic heterocycles. The Morgan fingerprint density at radius 3 is 2.06 bits per heavy atom. The van der Waals surface area contributed by atoms with Crippen LogP contribution in [0.5, 0.6) is 0 Å². The second kappa shape index (κ2) is 9.61. The number of hydrogen-bond acceptors (Lipinski definition) is 6. The fourth-order valence-electron chi connectivity index (χ4n) is 3.99. The van der Waals surface area contributed by atoms with E-state index < -0.39 is 20.0 Å². The largest absolute Gasteiger partial charge is 0.381 e. The quantitative estimate of drug-likeness (QED) is 0.603. The summed E-state index contributed by atoms with van der Waals surface area (Å²) in [5, 5.41) is 0. The van der Waals surface area contributed by atoms with E-state index in [4.69, 9.17) is 4.74 Å². The van der Waals surface area contributed by atoms with E-state index in [1.807, 2.05) is 12.1 Å². The lowest BCUT2D eigenvalue weighted by Gasteiger charge is -2.43. The Morgan fingerprint density at radius 2 is 1.52 bits per heavy atom. The molecule has 10 heteroatoms. The molecule has 2 aromatic carbocycles. The van der Waals surface area contributed by atoms with Crippen molar-refractivity contribution in [1.29, 1.82) is 0 Å². The SMILES string of the molecule is COC(C)C1(C)CCN(c2ccccc2NS(=O)(=O)c2ccc(S(=O)(=O)N(C)C)cc2)CC1. The Hall–Kier alpha value is -2.14. The molecule has 0 aromatic heterocycles. The van der Waals surface area contributed by atoms with Crippen LogP contribution < -0.4 is 9.62 Å². The van der Waals surface area contributed by atoms with Crippen molar-refractivity contribution in [1.82, 2.24) is 4.31 Å². The molecule has 0 aliphatic carbocycles. The molecule has 2 aromatic rings. The maximum Gasteiger partial charge on any atom is 0.261 e. The average molecular weight is 496 g/mol. The number of nitrogens with one attached hydrogen (secondary N) is 1. The van der Waals surface area contributed by atoms with Crippen molar-refractivity contribution in [3.8, 4) is 0 Å². The van der Waals surface area contributed by atoms with Gasteiger partial charge in [-0.25, -0.2) is 21.1 Å². The highest BCUT2D eigenvalue weighted by atomic mass is 32.2. The molecule has 1 N–H and O–H groups in total. The van der Waals surface area contributed by atoms with Crippen LogP contribution in [-0.4, -0.2) is 61.5 Å². The van der Waals surface area contributed by atoms with E-state index >= 15 is 0 Å². The maximum absolute atomic E-state index is 13.1. The third kappa shape index (κ3) is 5.34. The first-order valence-electron chi connectivity index (χ1n) is 10.8. The van der Waals surface area contributed by atoms with E-state index in [-0.39, 0.29) is 21.3 Å². The molecule has 1 unspecified atom stereocenters. The van der Waals surface area contributed by atoms with Gasteiger partial charge < -0.3 is 9.64 Å². The Balaban J connectivity index is 1.81. The second-order valence-electron chi connectivity index (χ2n) is 8.90. The molecular weight excluding hydrogens is 462 g/mol. The fourth-order valence-corrected chi connectivity index (χ4v) is 5.97. The standard InChI is InChI=1S/C23H33N3O5S2/c1-18(31-5)23(2)14-16-26(17-15-23)22-9-7-6-8-21(22)24-32(27,28)19-10-12-20(13-11-19)33(29,30)25(3)4/h6-13,18,24H,14-17H2,1-5H3. The van der Waals surface area contributed by atoms with E-state index in [1.54, 1.807) is 19.2 Å². The zero-order valence-electron chi connectivity index (χ0n) is 19.8. The maximum atomic E-state index is 13.1. The van der Waals surface area contributed by atoms with Gasteiger partial charge in [0, 0.05) is 34.3 Å². The fraction of sp³-hybridized carbons (Fsp3) is 0.478. The van der Waals surface area contributed by atoms with Gasteiger partial charge in [-0.15, -0.1) is 0 Å². The van der Waals surface area contributed by atoms with Gasteiger partial charge in [0.05, 0.1) is 27.3 Å². The van der Waals surface area contributed by atoms with Gasteiger partial charge in [0.15, 0.2) is 0 Å². The van der Waals surface area contributed by atoms with Crippen LogP contribution in [0.25, 0.3) is 0 Å². The summed E-state index contributed by atoms with van der Waals surface area (Å²) >= 11 is 0. The molecule has 1 aliphatic rings. The summed E-state index contributed by atoms with van der Waals surface area (Å²) in [5.41, 5.74) is 1.39. The second-order valence-corrected chi connectivity index (χ2v) is 12.7. The molecule has 1 atom stereocenters. The summed E-state index contributed by atoms with van der Waals surface area (Å²) in [6.45, 7) is 5.90. The number of methoxy groups -OCH3 is 1. The molecule has 0 spiro atoms. The number of rotatable bonds is 8. The normalized spacial score (nSPS) is 17.7. The van der Waals surface area contributed by atoms with Gasteiger partial charge in [-0.1, -0.05) is 19.1 Å². The molecule has 3 rings (SSSR count). The van der Waals surface area contributed by atoms with Crippen LogP contribution in [0.4, 0.5) is 11.4 Å². The molecule has 0 amide bonds. The van der Waals surface area contributed by atoms with Crippen LogP contribution in [0.3, 0.4) is 0 Å². The van der Waals surface area contributed by atoms with Crippen LogP contribution in [0.15, 0.2) is 58.3 Å². The number of ether oxygens (including phenoxy) is 1. The minimum absolute atomic E-state index is 0.00449.